The third-order valence-corrected chi connectivity index (χ3v) is 2.87. The molecule has 2 rings (SSSR count). The van der Waals surface area contributed by atoms with Crippen LogP contribution in [0.5, 0.6) is 0 Å². The third-order valence-electron chi connectivity index (χ3n) is 2.87. The number of aromatic amines is 2. The summed E-state index contributed by atoms with van der Waals surface area (Å²) in [6, 6.07) is 0. The first-order valence-corrected chi connectivity index (χ1v) is 5.79. The first-order valence-electron chi connectivity index (χ1n) is 5.79. The average molecular weight is 374 g/mol. The molecule has 0 aliphatic heterocycles. The van der Waals surface area contributed by atoms with E-state index in [0.29, 0.717) is 0 Å². The van der Waals surface area contributed by atoms with Crippen LogP contribution in [0, 0.1) is 50.6 Å². The fourth-order valence-electron chi connectivity index (χ4n) is 1.76. The van der Waals surface area contributed by atoms with E-state index in [1.165, 1.54) is 0 Å². The van der Waals surface area contributed by atoms with Gasteiger partial charge in [0.05, 0.1) is 4.92 Å². The highest BCUT2D eigenvalue weighted by atomic mass is 16.7. The second-order valence-corrected chi connectivity index (χ2v) is 4.20. The van der Waals surface area contributed by atoms with Crippen LogP contribution in [0.1, 0.15) is 5.82 Å². The van der Waals surface area contributed by atoms with Crippen LogP contribution in [0.3, 0.4) is 0 Å². The van der Waals surface area contributed by atoms with E-state index in [4.69, 9.17) is 0 Å². The van der Waals surface area contributed by atoms with E-state index in [0.717, 1.165) is 0 Å². The van der Waals surface area contributed by atoms with Gasteiger partial charge in [0.2, 0.25) is 11.5 Å². The number of H-pyrrole nitrogens is 2. The smallest absolute Gasteiger partial charge is 0.358 e. The number of aromatic nitrogens is 5. The summed E-state index contributed by atoms with van der Waals surface area (Å²) < 4.78 is 0. The number of hydrogen-bond acceptors (Lipinski definition) is 13. The van der Waals surface area contributed by atoms with E-state index in [1.807, 2.05) is 0 Å². The Balaban J connectivity index is 2.70. The Bertz CT molecular complexity index is 921. The maximum Gasteiger partial charge on any atom is 0.762 e. The van der Waals surface area contributed by atoms with Crippen molar-refractivity contribution in [2.24, 2.45) is 0 Å². The van der Waals surface area contributed by atoms with Crippen LogP contribution in [-0.2, 0) is 5.79 Å². The number of nitro groups is 5. The van der Waals surface area contributed by atoms with E-state index in [9.17, 15) is 50.6 Å². The summed E-state index contributed by atoms with van der Waals surface area (Å²) in [4.78, 5) is 49.5. The minimum absolute atomic E-state index is 0.923. The van der Waals surface area contributed by atoms with Crippen molar-refractivity contribution in [1.29, 1.82) is 0 Å². The molecule has 136 valence electrons. The lowest BCUT2D eigenvalue weighted by molar-refractivity contribution is -0.987. The topological polar surface area (TPSA) is 286 Å². The molecule has 26 heavy (non-hydrogen) atoms. The van der Waals surface area contributed by atoms with Crippen molar-refractivity contribution in [2.75, 3.05) is 0 Å². The molecule has 2 aromatic rings. The zero-order chi connectivity index (χ0) is 19.8. The predicted octanol–water partition coefficient (Wildman–Crippen LogP) is -1.05. The molecule has 0 fully saturated rings. The molecule has 0 amide bonds. The highest BCUT2D eigenvalue weighted by Crippen LogP contribution is 2.34. The van der Waals surface area contributed by atoms with E-state index < -0.39 is 59.3 Å². The number of hydrogen-bond donors (Lipinski definition) is 2. The molecule has 0 bridgehead atoms. The number of nitrogens with one attached hydrogen (secondary N) is 2. The normalized spacial score (nSPS) is 11.1. The molecule has 20 heteroatoms. The average Bonchev–Trinajstić information content (AvgIpc) is 3.12. The van der Waals surface area contributed by atoms with Gasteiger partial charge >= 0.3 is 23.1 Å². The Morgan fingerprint density at radius 3 is 1.73 bits per heavy atom. The fraction of sp³-hybridized carbons (Fsp3) is 0.167. The molecule has 0 aliphatic rings. The summed E-state index contributed by atoms with van der Waals surface area (Å²) >= 11 is 0. The van der Waals surface area contributed by atoms with Gasteiger partial charge in [-0.25, -0.2) is 5.10 Å². The maximum atomic E-state index is 11.0. The van der Waals surface area contributed by atoms with Crippen LogP contribution >= 0.6 is 0 Å². The quantitative estimate of drug-likeness (QED) is 0.332. The molecule has 0 aliphatic carbocycles. The molecule has 0 aromatic carbocycles. The van der Waals surface area contributed by atoms with E-state index in [1.54, 1.807) is 10.2 Å². The van der Waals surface area contributed by atoms with Crippen LogP contribution in [0.4, 0.5) is 11.5 Å². The molecule has 0 saturated carbocycles. The summed E-state index contributed by atoms with van der Waals surface area (Å²) in [5.74, 6) is -7.83. The molecule has 0 atom stereocenters. The summed E-state index contributed by atoms with van der Waals surface area (Å²) in [5.41, 5.74) is -2.18. The Labute approximate surface area is 136 Å². The van der Waals surface area contributed by atoms with Gasteiger partial charge in [0.15, 0.2) is 14.8 Å². The van der Waals surface area contributed by atoms with E-state index in [2.05, 4.69) is 15.2 Å². The monoisotopic (exact) mass is 374 g/mol. The molecule has 2 N–H and O–H groups in total. The number of nitrogens with zero attached hydrogens (tertiary/aromatic N) is 8. The standard InChI is InChI=1S/C6H2N10O10/c17-12(18)2-1(8-10-4(2)13(19)20)3-7-5(11-9-3)6(14(21)22,15(23)24)16(25)26/h(H,8,10)(H,7,9,11). The Morgan fingerprint density at radius 1 is 0.769 bits per heavy atom. The zero-order valence-corrected chi connectivity index (χ0v) is 11.7. The van der Waals surface area contributed by atoms with Gasteiger partial charge in [-0.05, 0) is 4.92 Å². The first kappa shape index (κ1) is 17.7. The molecular weight excluding hydrogens is 372 g/mol. The fourth-order valence-corrected chi connectivity index (χ4v) is 1.76. The highest BCUT2D eigenvalue weighted by Gasteiger charge is 2.76. The molecule has 0 spiro atoms. The van der Waals surface area contributed by atoms with Gasteiger partial charge in [0.1, 0.15) is 0 Å². The largest absolute Gasteiger partial charge is 0.762 e. The van der Waals surface area contributed by atoms with Gasteiger partial charge in [-0.1, -0.05) is 5.10 Å². The Kier molecular flexibility index (Phi) is 3.93. The summed E-state index contributed by atoms with van der Waals surface area (Å²) in [7, 11) is 0. The van der Waals surface area contributed by atoms with Crippen LogP contribution in [-0.4, -0.2) is 50.0 Å². The minimum atomic E-state index is -4.18. The predicted molar refractivity (Wildman–Crippen MR) is 69.9 cm³/mol. The second-order valence-electron chi connectivity index (χ2n) is 4.20. The van der Waals surface area contributed by atoms with Crippen molar-refractivity contribution in [1.82, 2.24) is 25.4 Å². The minimum Gasteiger partial charge on any atom is -0.358 e. The summed E-state index contributed by atoms with van der Waals surface area (Å²) in [6.45, 7) is 0. The highest BCUT2D eigenvalue weighted by molar-refractivity contribution is 5.69. The van der Waals surface area contributed by atoms with Crippen LogP contribution in [0.15, 0.2) is 0 Å². The SMILES string of the molecule is O=[N+]([O-])c1[nH]nc(-c2n[nH]c(C([N+](=O)[O-])([N+](=O)[O-])[N+](=O)[O-])n2)c1[N+](=O)[O-]. The maximum absolute atomic E-state index is 11.0. The summed E-state index contributed by atoms with van der Waals surface area (Å²) in [6.07, 6.45) is 0. The van der Waals surface area contributed by atoms with Gasteiger partial charge in [0, 0.05) is 0 Å². The molecular formula is C6H2N10O10. The van der Waals surface area contributed by atoms with Gasteiger partial charge < -0.3 is 10.1 Å². The molecule has 0 radical (unpaired) electrons. The van der Waals surface area contributed by atoms with Crippen LogP contribution in [0.2, 0.25) is 0 Å². The second kappa shape index (κ2) is 5.77. The lowest BCUT2D eigenvalue weighted by Crippen LogP contribution is -2.51. The molecule has 2 aromatic heterocycles. The molecule has 0 saturated heterocycles. The van der Waals surface area contributed by atoms with Crippen LogP contribution < -0.4 is 0 Å². The first-order chi connectivity index (χ1) is 12.0. The molecule has 0 unspecified atom stereocenters. The summed E-state index contributed by atoms with van der Waals surface area (Å²) in [5, 5.41) is 64.1. The van der Waals surface area contributed by atoms with Crippen molar-refractivity contribution in [3.05, 3.63) is 56.4 Å². The van der Waals surface area contributed by atoms with Crippen LogP contribution in [0.25, 0.3) is 11.5 Å². The van der Waals surface area contributed by atoms with E-state index in [-0.39, 0.29) is 0 Å². The van der Waals surface area contributed by atoms with Gasteiger partial charge in [0.25, 0.3) is 0 Å². The van der Waals surface area contributed by atoms with Crippen molar-refractivity contribution in [2.45, 2.75) is 5.79 Å². The van der Waals surface area contributed by atoms with Gasteiger partial charge in [-0.3, -0.25) is 40.5 Å². The van der Waals surface area contributed by atoms with E-state index >= 15 is 0 Å². The van der Waals surface area contributed by atoms with Crippen molar-refractivity contribution >= 4 is 11.5 Å². The molecule has 2 heterocycles. The Hall–Kier alpha value is -4.65. The number of rotatable bonds is 7. The molecule has 20 nitrogen and oxygen atoms in total. The Morgan fingerprint density at radius 2 is 1.31 bits per heavy atom. The van der Waals surface area contributed by atoms with Crippen molar-refractivity contribution in [3.8, 4) is 11.5 Å². The lowest BCUT2D eigenvalue weighted by Gasteiger charge is -2.04. The van der Waals surface area contributed by atoms with Gasteiger partial charge in [-0.15, -0.1) is 5.10 Å². The van der Waals surface area contributed by atoms with Crippen molar-refractivity contribution < 1.29 is 24.6 Å². The zero-order valence-electron chi connectivity index (χ0n) is 11.7. The third kappa shape index (κ3) is 2.29. The van der Waals surface area contributed by atoms with Crippen molar-refractivity contribution in [3.63, 3.8) is 0 Å². The lowest BCUT2D eigenvalue weighted by atomic mass is 10.3. The van der Waals surface area contributed by atoms with Gasteiger partial charge in [-0.2, -0.15) is 10.1 Å².